The van der Waals surface area contributed by atoms with Gasteiger partial charge in [0.05, 0.1) is 26.0 Å². The lowest BCUT2D eigenvalue weighted by Gasteiger charge is -2.12. The molecule has 0 spiro atoms. The van der Waals surface area contributed by atoms with Crippen LogP contribution in [0, 0.1) is 0 Å². The maximum absolute atomic E-state index is 12.3. The Hall–Kier alpha value is -3.32. The molecule has 31 heavy (non-hydrogen) atoms. The van der Waals surface area contributed by atoms with Crippen molar-refractivity contribution in [1.82, 2.24) is 15.1 Å². The minimum Gasteiger partial charge on any atom is -0.493 e. The van der Waals surface area contributed by atoms with Crippen molar-refractivity contribution in [3.05, 3.63) is 75.5 Å². The zero-order valence-corrected chi connectivity index (χ0v) is 18.2. The van der Waals surface area contributed by atoms with Crippen molar-refractivity contribution >= 4 is 17.5 Å². The molecule has 8 heteroatoms. The number of hydrogen-bond donors (Lipinski definition) is 1. The van der Waals surface area contributed by atoms with Gasteiger partial charge in [0.1, 0.15) is 0 Å². The Morgan fingerprint density at radius 3 is 2.58 bits per heavy atom. The van der Waals surface area contributed by atoms with E-state index in [1.54, 1.807) is 31.4 Å². The minimum atomic E-state index is -0.262. The van der Waals surface area contributed by atoms with Gasteiger partial charge in [0.25, 0.3) is 5.56 Å². The first-order valence-corrected chi connectivity index (χ1v) is 10.3. The van der Waals surface area contributed by atoms with Gasteiger partial charge in [-0.05, 0) is 42.8 Å². The Labute approximate surface area is 185 Å². The van der Waals surface area contributed by atoms with Crippen LogP contribution in [0.1, 0.15) is 18.9 Å². The summed E-state index contributed by atoms with van der Waals surface area (Å²) in [6.07, 6.45) is 0.130. The highest BCUT2D eigenvalue weighted by Gasteiger charge is 2.09. The Morgan fingerprint density at radius 2 is 1.87 bits per heavy atom. The summed E-state index contributed by atoms with van der Waals surface area (Å²) in [6.45, 7) is 2.93. The Bertz CT molecular complexity index is 1100. The lowest BCUT2D eigenvalue weighted by atomic mass is 10.1. The van der Waals surface area contributed by atoms with Crippen LogP contribution >= 0.6 is 11.6 Å². The molecule has 0 aliphatic heterocycles. The second kappa shape index (κ2) is 10.6. The fraction of sp³-hybridized carbons (Fsp3) is 0.261. The van der Waals surface area contributed by atoms with E-state index >= 15 is 0 Å². The van der Waals surface area contributed by atoms with Crippen LogP contribution in [0.25, 0.3) is 11.3 Å². The molecule has 7 nitrogen and oxygen atoms in total. The van der Waals surface area contributed by atoms with Gasteiger partial charge in [-0.15, -0.1) is 0 Å². The molecule has 1 amide bonds. The van der Waals surface area contributed by atoms with E-state index in [1.165, 1.54) is 10.7 Å². The third-order valence-corrected chi connectivity index (χ3v) is 4.83. The van der Waals surface area contributed by atoms with Gasteiger partial charge in [-0.1, -0.05) is 29.8 Å². The molecule has 162 valence electrons. The van der Waals surface area contributed by atoms with E-state index in [-0.39, 0.29) is 24.4 Å². The first-order valence-electron chi connectivity index (χ1n) is 9.90. The number of carbonyl (C=O) groups is 1. The molecule has 0 aliphatic rings. The number of aryl methyl sites for hydroxylation is 1. The zero-order chi connectivity index (χ0) is 22.2. The van der Waals surface area contributed by atoms with Crippen LogP contribution in [0.3, 0.4) is 0 Å². The highest BCUT2D eigenvalue weighted by Crippen LogP contribution is 2.28. The van der Waals surface area contributed by atoms with Gasteiger partial charge in [-0.2, -0.15) is 5.10 Å². The summed E-state index contributed by atoms with van der Waals surface area (Å²) in [7, 11) is 1.58. The van der Waals surface area contributed by atoms with Gasteiger partial charge in [0, 0.05) is 29.6 Å². The predicted octanol–water partition coefficient (Wildman–Crippen LogP) is 3.68. The average Bonchev–Trinajstić information content (AvgIpc) is 2.78. The molecule has 0 bridgehead atoms. The number of carbonyl (C=O) groups excluding carboxylic acids is 1. The molecule has 0 fully saturated rings. The molecule has 0 aliphatic carbocycles. The molecular weight excluding hydrogens is 418 g/mol. The lowest BCUT2D eigenvalue weighted by molar-refractivity contribution is -0.121. The molecule has 0 unspecified atom stereocenters. The number of amides is 1. The normalized spacial score (nSPS) is 10.5. The van der Waals surface area contributed by atoms with E-state index < -0.39 is 0 Å². The van der Waals surface area contributed by atoms with Crippen LogP contribution in [-0.4, -0.2) is 29.4 Å². The fourth-order valence-electron chi connectivity index (χ4n) is 2.98. The summed E-state index contributed by atoms with van der Waals surface area (Å²) in [5.74, 6) is 1.09. The first-order chi connectivity index (χ1) is 15.0. The Morgan fingerprint density at radius 1 is 1.10 bits per heavy atom. The molecule has 0 saturated carbocycles. The fourth-order valence-corrected chi connectivity index (χ4v) is 3.11. The smallest absolute Gasteiger partial charge is 0.266 e. The average molecular weight is 442 g/mol. The Balaban J connectivity index is 1.60. The summed E-state index contributed by atoms with van der Waals surface area (Å²) in [5.41, 5.74) is 2.10. The maximum atomic E-state index is 12.3. The molecule has 3 rings (SSSR count). The van der Waals surface area contributed by atoms with Crippen molar-refractivity contribution in [2.75, 3.05) is 13.7 Å². The molecule has 2 aromatic carbocycles. The zero-order valence-electron chi connectivity index (χ0n) is 17.4. The van der Waals surface area contributed by atoms with E-state index in [0.717, 1.165) is 11.1 Å². The topological polar surface area (TPSA) is 82.5 Å². The number of aromatic nitrogens is 2. The summed E-state index contributed by atoms with van der Waals surface area (Å²) >= 11 is 5.92. The number of hydrogen-bond acceptors (Lipinski definition) is 5. The number of benzene rings is 2. The second-order valence-electron chi connectivity index (χ2n) is 6.73. The Kier molecular flexibility index (Phi) is 7.67. The third kappa shape index (κ3) is 6.08. The SMILES string of the molecule is CCOc1cc(CNC(=O)CCn2nc(-c3ccc(Cl)cc3)ccc2=O)ccc1OC. The van der Waals surface area contributed by atoms with E-state index in [2.05, 4.69) is 10.4 Å². The van der Waals surface area contributed by atoms with Crippen molar-refractivity contribution in [1.29, 1.82) is 0 Å². The summed E-state index contributed by atoms with van der Waals surface area (Å²) in [4.78, 5) is 24.4. The highest BCUT2D eigenvalue weighted by molar-refractivity contribution is 6.30. The summed E-state index contributed by atoms with van der Waals surface area (Å²) in [5, 5.41) is 7.84. The third-order valence-electron chi connectivity index (χ3n) is 4.57. The number of methoxy groups -OCH3 is 1. The lowest BCUT2D eigenvalue weighted by Crippen LogP contribution is -2.28. The van der Waals surface area contributed by atoms with Crippen LogP contribution in [0.2, 0.25) is 5.02 Å². The molecule has 0 atom stereocenters. The van der Waals surface area contributed by atoms with E-state index in [9.17, 15) is 9.59 Å². The van der Waals surface area contributed by atoms with Crippen LogP contribution in [-0.2, 0) is 17.9 Å². The number of ether oxygens (including phenoxy) is 2. The molecule has 3 aromatic rings. The van der Waals surface area contributed by atoms with E-state index in [0.29, 0.717) is 35.4 Å². The number of nitrogens with zero attached hydrogens (tertiary/aromatic N) is 2. The largest absolute Gasteiger partial charge is 0.493 e. The molecule has 0 radical (unpaired) electrons. The van der Waals surface area contributed by atoms with E-state index in [4.69, 9.17) is 21.1 Å². The molecule has 1 aromatic heterocycles. The van der Waals surface area contributed by atoms with Gasteiger partial charge in [-0.3, -0.25) is 9.59 Å². The van der Waals surface area contributed by atoms with Gasteiger partial charge in [-0.25, -0.2) is 4.68 Å². The van der Waals surface area contributed by atoms with Crippen molar-refractivity contribution in [2.45, 2.75) is 26.4 Å². The van der Waals surface area contributed by atoms with Crippen molar-refractivity contribution in [3.8, 4) is 22.8 Å². The molecule has 1 heterocycles. The molecule has 1 N–H and O–H groups in total. The van der Waals surface area contributed by atoms with Crippen LogP contribution < -0.4 is 20.3 Å². The van der Waals surface area contributed by atoms with E-state index in [1.807, 2.05) is 31.2 Å². The van der Waals surface area contributed by atoms with Gasteiger partial charge in [0.2, 0.25) is 5.91 Å². The van der Waals surface area contributed by atoms with Gasteiger partial charge >= 0.3 is 0 Å². The quantitative estimate of drug-likeness (QED) is 0.547. The van der Waals surface area contributed by atoms with Gasteiger partial charge < -0.3 is 14.8 Å². The maximum Gasteiger partial charge on any atom is 0.266 e. The number of rotatable bonds is 9. The predicted molar refractivity (Wildman–Crippen MR) is 120 cm³/mol. The van der Waals surface area contributed by atoms with Gasteiger partial charge in [0.15, 0.2) is 11.5 Å². The highest BCUT2D eigenvalue weighted by atomic mass is 35.5. The monoisotopic (exact) mass is 441 g/mol. The number of nitrogens with one attached hydrogen (secondary N) is 1. The summed E-state index contributed by atoms with van der Waals surface area (Å²) in [6, 6.07) is 15.8. The molecule has 0 saturated heterocycles. The minimum absolute atomic E-state index is 0.130. The molecular formula is C23H24ClN3O4. The summed E-state index contributed by atoms with van der Waals surface area (Å²) < 4.78 is 12.1. The van der Waals surface area contributed by atoms with Crippen molar-refractivity contribution < 1.29 is 14.3 Å². The first kappa shape index (κ1) is 22.4. The van der Waals surface area contributed by atoms with Crippen molar-refractivity contribution in [3.63, 3.8) is 0 Å². The second-order valence-corrected chi connectivity index (χ2v) is 7.17. The van der Waals surface area contributed by atoms with Crippen LogP contribution in [0.5, 0.6) is 11.5 Å². The van der Waals surface area contributed by atoms with Crippen molar-refractivity contribution in [2.24, 2.45) is 0 Å². The van der Waals surface area contributed by atoms with Crippen LogP contribution in [0.15, 0.2) is 59.4 Å². The number of halogens is 1. The van der Waals surface area contributed by atoms with Crippen LogP contribution in [0.4, 0.5) is 0 Å². The standard InChI is InChI=1S/C23H24ClN3O4/c1-3-31-21-14-16(4-10-20(21)30-2)15-25-22(28)12-13-27-23(29)11-9-19(26-27)17-5-7-18(24)8-6-17/h4-11,14H,3,12-13,15H2,1-2H3,(H,25,28).